The first-order valence-corrected chi connectivity index (χ1v) is 8.27. The Balaban J connectivity index is 1.79. The monoisotopic (exact) mass is 345 g/mol. The molecule has 26 heavy (non-hydrogen) atoms. The van der Waals surface area contributed by atoms with Gasteiger partial charge >= 0.3 is 0 Å². The Morgan fingerprint density at radius 2 is 1.58 bits per heavy atom. The summed E-state index contributed by atoms with van der Waals surface area (Å²) in [5.41, 5.74) is 4.31. The number of benzene rings is 2. The molecule has 3 aromatic rings. The molecule has 2 aromatic carbocycles. The van der Waals surface area contributed by atoms with E-state index in [2.05, 4.69) is 15.3 Å². The maximum Gasteiger partial charge on any atom is 0.259 e. The molecule has 0 fully saturated rings. The molecule has 0 aliphatic rings. The number of aromatic nitrogens is 2. The van der Waals surface area contributed by atoms with Gasteiger partial charge in [-0.3, -0.25) is 9.59 Å². The van der Waals surface area contributed by atoms with Crippen LogP contribution in [0, 0.1) is 13.8 Å². The fourth-order valence-electron chi connectivity index (χ4n) is 2.52. The van der Waals surface area contributed by atoms with Gasteiger partial charge in [0.1, 0.15) is 0 Å². The third-order valence-corrected chi connectivity index (χ3v) is 4.08. The molecule has 0 atom stereocenters. The second-order valence-corrected chi connectivity index (χ2v) is 6.15. The van der Waals surface area contributed by atoms with Crippen LogP contribution in [0.2, 0.25) is 0 Å². The van der Waals surface area contributed by atoms with Gasteiger partial charge in [0.05, 0.1) is 11.3 Å². The molecule has 3 rings (SSSR count). The highest BCUT2D eigenvalue weighted by molar-refractivity contribution is 6.05. The van der Waals surface area contributed by atoms with Crippen LogP contribution < -0.4 is 5.32 Å². The van der Waals surface area contributed by atoms with Gasteiger partial charge in [0.15, 0.2) is 11.6 Å². The molecule has 0 bridgehead atoms. The number of ketones is 1. The predicted octanol–water partition coefficient (Wildman–Crippen LogP) is 4.22. The number of amides is 1. The molecule has 0 aliphatic carbocycles. The van der Waals surface area contributed by atoms with Crippen molar-refractivity contribution in [2.24, 2.45) is 0 Å². The summed E-state index contributed by atoms with van der Waals surface area (Å²) < 4.78 is 0. The zero-order valence-corrected chi connectivity index (χ0v) is 14.9. The highest BCUT2D eigenvalue weighted by Crippen LogP contribution is 2.18. The van der Waals surface area contributed by atoms with E-state index in [1.807, 2.05) is 31.2 Å². The minimum absolute atomic E-state index is 0.0150. The number of carbonyl (C=O) groups is 2. The first-order chi connectivity index (χ1) is 12.4. The van der Waals surface area contributed by atoms with Crippen molar-refractivity contribution >= 4 is 17.4 Å². The molecular weight excluding hydrogens is 326 g/mol. The third-order valence-electron chi connectivity index (χ3n) is 4.08. The molecule has 0 spiro atoms. The normalized spacial score (nSPS) is 10.4. The zero-order chi connectivity index (χ0) is 18.7. The van der Waals surface area contributed by atoms with E-state index in [-0.39, 0.29) is 11.7 Å². The molecule has 1 aromatic heterocycles. The van der Waals surface area contributed by atoms with Crippen molar-refractivity contribution in [2.45, 2.75) is 20.8 Å². The molecule has 1 N–H and O–H groups in total. The summed E-state index contributed by atoms with van der Waals surface area (Å²) in [6.45, 7) is 5.31. The van der Waals surface area contributed by atoms with Crippen LogP contribution in [-0.2, 0) is 0 Å². The molecule has 5 nitrogen and oxygen atoms in total. The van der Waals surface area contributed by atoms with Gasteiger partial charge in [0.25, 0.3) is 5.91 Å². The molecule has 0 aliphatic heterocycles. The SMILES string of the molecule is CC(=O)c1ccc(NC(=O)c2cnc(-c3ccc(C)cc3)nc2C)cc1. The zero-order valence-electron chi connectivity index (χ0n) is 14.9. The summed E-state index contributed by atoms with van der Waals surface area (Å²) in [5, 5.41) is 2.80. The van der Waals surface area contributed by atoms with Crippen LogP contribution in [0.3, 0.4) is 0 Å². The van der Waals surface area contributed by atoms with Gasteiger partial charge in [-0.15, -0.1) is 0 Å². The summed E-state index contributed by atoms with van der Waals surface area (Å²) >= 11 is 0. The summed E-state index contributed by atoms with van der Waals surface area (Å²) in [7, 11) is 0. The molecule has 0 saturated heterocycles. The molecule has 130 valence electrons. The van der Waals surface area contributed by atoms with Crippen LogP contribution in [0.5, 0.6) is 0 Å². The van der Waals surface area contributed by atoms with E-state index >= 15 is 0 Å². The Kier molecular flexibility index (Phi) is 4.89. The number of nitrogens with zero attached hydrogens (tertiary/aromatic N) is 2. The lowest BCUT2D eigenvalue weighted by atomic mass is 10.1. The second-order valence-electron chi connectivity index (χ2n) is 6.15. The summed E-state index contributed by atoms with van der Waals surface area (Å²) in [4.78, 5) is 32.6. The molecular formula is C21H19N3O2. The quantitative estimate of drug-likeness (QED) is 0.719. The van der Waals surface area contributed by atoms with E-state index in [1.165, 1.54) is 13.1 Å². The van der Waals surface area contributed by atoms with Crippen molar-refractivity contribution in [1.29, 1.82) is 0 Å². The van der Waals surface area contributed by atoms with Gasteiger partial charge in [-0.05, 0) is 45.0 Å². The van der Waals surface area contributed by atoms with Crippen molar-refractivity contribution in [1.82, 2.24) is 9.97 Å². The van der Waals surface area contributed by atoms with E-state index in [0.29, 0.717) is 28.3 Å². The Morgan fingerprint density at radius 3 is 2.15 bits per heavy atom. The van der Waals surface area contributed by atoms with Crippen LogP contribution in [0.1, 0.15) is 38.9 Å². The number of aryl methyl sites for hydroxylation is 2. The van der Waals surface area contributed by atoms with E-state index in [9.17, 15) is 9.59 Å². The largest absolute Gasteiger partial charge is 0.322 e. The Labute approximate surface area is 152 Å². The molecule has 1 amide bonds. The van der Waals surface area contributed by atoms with Crippen LogP contribution in [0.15, 0.2) is 54.7 Å². The smallest absolute Gasteiger partial charge is 0.259 e. The number of Topliss-reactive ketones (excluding diaryl/α,β-unsaturated/α-hetero) is 1. The second kappa shape index (κ2) is 7.27. The van der Waals surface area contributed by atoms with Crippen LogP contribution >= 0.6 is 0 Å². The highest BCUT2D eigenvalue weighted by atomic mass is 16.1. The third kappa shape index (κ3) is 3.83. The topological polar surface area (TPSA) is 72.0 Å². The van der Waals surface area contributed by atoms with Crippen molar-refractivity contribution < 1.29 is 9.59 Å². The first-order valence-electron chi connectivity index (χ1n) is 8.27. The number of nitrogens with one attached hydrogen (secondary N) is 1. The maximum absolute atomic E-state index is 12.5. The number of carbonyl (C=O) groups excluding carboxylic acids is 2. The van der Waals surface area contributed by atoms with E-state index < -0.39 is 0 Å². The fraction of sp³-hybridized carbons (Fsp3) is 0.143. The minimum atomic E-state index is -0.284. The van der Waals surface area contributed by atoms with Crippen LogP contribution in [0.25, 0.3) is 11.4 Å². The van der Waals surface area contributed by atoms with Crippen molar-refractivity contribution in [2.75, 3.05) is 5.32 Å². The molecule has 1 heterocycles. The molecule has 0 radical (unpaired) electrons. The van der Waals surface area contributed by atoms with E-state index in [4.69, 9.17) is 0 Å². The maximum atomic E-state index is 12.5. The number of rotatable bonds is 4. The first kappa shape index (κ1) is 17.5. The van der Waals surface area contributed by atoms with Gasteiger partial charge in [0.2, 0.25) is 0 Å². The number of hydrogen-bond donors (Lipinski definition) is 1. The molecule has 0 saturated carbocycles. The Hall–Kier alpha value is -3.34. The highest BCUT2D eigenvalue weighted by Gasteiger charge is 2.13. The van der Waals surface area contributed by atoms with Gasteiger partial charge in [-0.25, -0.2) is 9.97 Å². The van der Waals surface area contributed by atoms with Gasteiger partial charge in [-0.1, -0.05) is 29.8 Å². The van der Waals surface area contributed by atoms with E-state index in [0.717, 1.165) is 11.1 Å². The average molecular weight is 345 g/mol. The Morgan fingerprint density at radius 1 is 0.923 bits per heavy atom. The van der Waals surface area contributed by atoms with Gasteiger partial charge in [0, 0.05) is 23.0 Å². The average Bonchev–Trinajstić information content (AvgIpc) is 2.62. The van der Waals surface area contributed by atoms with Gasteiger partial charge < -0.3 is 5.32 Å². The lowest BCUT2D eigenvalue weighted by Crippen LogP contribution is -2.15. The molecule has 0 unspecified atom stereocenters. The van der Waals surface area contributed by atoms with Crippen molar-refractivity contribution in [3.8, 4) is 11.4 Å². The van der Waals surface area contributed by atoms with Crippen molar-refractivity contribution in [3.63, 3.8) is 0 Å². The predicted molar refractivity (Wildman–Crippen MR) is 101 cm³/mol. The summed E-state index contributed by atoms with van der Waals surface area (Å²) in [5.74, 6) is 0.289. The van der Waals surface area contributed by atoms with Crippen molar-refractivity contribution in [3.05, 3.63) is 77.1 Å². The molecule has 5 heteroatoms. The summed E-state index contributed by atoms with van der Waals surface area (Å²) in [6, 6.07) is 14.7. The fourth-order valence-corrected chi connectivity index (χ4v) is 2.52. The number of anilines is 1. The number of hydrogen-bond acceptors (Lipinski definition) is 4. The summed E-state index contributed by atoms with van der Waals surface area (Å²) in [6.07, 6.45) is 1.54. The standard InChI is InChI=1S/C21H19N3O2/c1-13-4-6-17(7-5-13)20-22-12-19(14(2)23-20)21(26)24-18-10-8-16(9-11-18)15(3)25/h4-12H,1-3H3,(H,24,26). The lowest BCUT2D eigenvalue weighted by molar-refractivity contribution is 0.101. The lowest BCUT2D eigenvalue weighted by Gasteiger charge is -2.09. The van der Waals surface area contributed by atoms with Crippen LogP contribution in [-0.4, -0.2) is 21.7 Å². The van der Waals surface area contributed by atoms with Crippen LogP contribution in [0.4, 0.5) is 5.69 Å². The Bertz CT molecular complexity index is 962. The minimum Gasteiger partial charge on any atom is -0.322 e. The van der Waals surface area contributed by atoms with E-state index in [1.54, 1.807) is 31.2 Å². The van der Waals surface area contributed by atoms with Gasteiger partial charge in [-0.2, -0.15) is 0 Å².